The summed E-state index contributed by atoms with van der Waals surface area (Å²) < 4.78 is 32.4. The van der Waals surface area contributed by atoms with Crippen molar-refractivity contribution in [3.63, 3.8) is 0 Å². The lowest BCUT2D eigenvalue weighted by molar-refractivity contribution is 0.343. The topological polar surface area (TPSA) is 116 Å². The van der Waals surface area contributed by atoms with E-state index in [-0.39, 0.29) is 0 Å². The van der Waals surface area contributed by atoms with Crippen LogP contribution in [-0.2, 0) is 17.3 Å². The summed E-state index contributed by atoms with van der Waals surface area (Å²) in [5, 5.41) is 18.3. The average Bonchev–Trinajstić information content (AvgIpc) is 3.69. The van der Waals surface area contributed by atoms with E-state index in [9.17, 15) is 13.7 Å². The van der Waals surface area contributed by atoms with Crippen LogP contribution in [0.3, 0.4) is 0 Å². The lowest BCUT2D eigenvalue weighted by atomic mass is 10.0. The molecule has 0 atom stereocenters. The van der Waals surface area contributed by atoms with Crippen LogP contribution in [0.4, 0.5) is 5.82 Å². The van der Waals surface area contributed by atoms with Crippen LogP contribution < -0.4 is 4.90 Å². The van der Waals surface area contributed by atoms with Crippen LogP contribution in [0.15, 0.2) is 49.2 Å². The minimum Gasteiger partial charge on any atom is -0.354 e. The van der Waals surface area contributed by atoms with Gasteiger partial charge < -0.3 is 4.90 Å². The maximum absolute atomic E-state index is 12.9. The van der Waals surface area contributed by atoms with Gasteiger partial charge in [0.15, 0.2) is 0 Å². The van der Waals surface area contributed by atoms with Crippen LogP contribution >= 0.6 is 0 Å². The Morgan fingerprint density at radius 1 is 0.865 bits per heavy atom. The van der Waals surface area contributed by atoms with E-state index < -0.39 is 10.2 Å². The highest BCUT2D eigenvalue weighted by atomic mass is 32.2. The molecule has 190 valence electrons. The quantitative estimate of drug-likeness (QED) is 0.398. The first-order valence-electron chi connectivity index (χ1n) is 12.3. The summed E-state index contributed by atoms with van der Waals surface area (Å²) in [6.45, 7) is 3.29. The van der Waals surface area contributed by atoms with Crippen LogP contribution in [0.1, 0.15) is 18.4 Å². The zero-order valence-corrected chi connectivity index (χ0v) is 21.3. The lowest BCUT2D eigenvalue weighted by Crippen LogP contribution is -2.52. The molecular weight excluding hydrogens is 490 g/mol. The van der Waals surface area contributed by atoms with Crippen molar-refractivity contribution in [2.24, 2.45) is 7.05 Å². The van der Waals surface area contributed by atoms with E-state index >= 15 is 0 Å². The van der Waals surface area contributed by atoms with Crippen molar-refractivity contribution in [1.82, 2.24) is 33.0 Å². The van der Waals surface area contributed by atoms with E-state index in [1.54, 1.807) is 36.4 Å². The Kier molecular flexibility index (Phi) is 5.91. The second-order valence-corrected chi connectivity index (χ2v) is 11.3. The Hall–Kier alpha value is -3.79. The van der Waals surface area contributed by atoms with Crippen molar-refractivity contribution in [1.29, 1.82) is 5.26 Å². The first-order chi connectivity index (χ1) is 17.9. The number of pyridine rings is 2. The number of hydrogen-bond acceptors (Lipinski definition) is 7. The monoisotopic (exact) mass is 517 g/mol. The molecule has 0 aliphatic carbocycles. The number of nitriles is 1. The van der Waals surface area contributed by atoms with Gasteiger partial charge in [-0.15, -0.1) is 0 Å². The Labute approximate surface area is 215 Å². The van der Waals surface area contributed by atoms with Gasteiger partial charge in [-0.1, -0.05) is 0 Å². The maximum Gasteiger partial charge on any atom is 0.282 e. The number of hydrogen-bond donors (Lipinski definition) is 0. The third-order valence-electron chi connectivity index (χ3n) is 7.11. The molecule has 4 aromatic heterocycles. The van der Waals surface area contributed by atoms with E-state index in [4.69, 9.17) is 4.98 Å². The Bertz CT molecular complexity index is 1590. The van der Waals surface area contributed by atoms with Gasteiger partial charge in [0.1, 0.15) is 11.9 Å². The van der Waals surface area contributed by atoms with Crippen LogP contribution in [-0.4, -0.2) is 80.7 Å². The zero-order valence-electron chi connectivity index (χ0n) is 20.5. The Balaban J connectivity index is 1.26. The molecular formula is C25H27N9O2S. The van der Waals surface area contributed by atoms with Gasteiger partial charge in [-0.05, 0) is 31.0 Å². The molecule has 0 saturated carbocycles. The fourth-order valence-corrected chi connectivity index (χ4v) is 6.78. The lowest BCUT2D eigenvalue weighted by Gasteiger charge is -2.36. The highest BCUT2D eigenvalue weighted by Gasteiger charge is 2.34. The molecule has 0 aromatic carbocycles. The number of nitrogens with zero attached hydrogens (tertiary/aromatic N) is 9. The van der Waals surface area contributed by atoms with Gasteiger partial charge in [0, 0.05) is 87.2 Å². The second kappa shape index (κ2) is 9.26. The molecule has 0 unspecified atom stereocenters. The summed E-state index contributed by atoms with van der Waals surface area (Å²) in [5.74, 6) is 0.801. The van der Waals surface area contributed by atoms with Crippen molar-refractivity contribution in [3.8, 4) is 28.3 Å². The van der Waals surface area contributed by atoms with E-state index in [0.717, 1.165) is 46.4 Å². The van der Waals surface area contributed by atoms with Crippen molar-refractivity contribution < 1.29 is 8.42 Å². The fraction of sp³-hybridized carbons (Fsp3) is 0.360. The van der Waals surface area contributed by atoms with Crippen LogP contribution in [0.5, 0.6) is 0 Å². The predicted molar refractivity (Wildman–Crippen MR) is 139 cm³/mol. The standard InChI is InChI=1S/C25H27N9O2S/c1-30-17-22(16-28-30)20-12-23(25-21(13-26)15-29-34(25)18-20)19-4-5-24(27-14-19)31-8-10-33(11-9-31)37(35,36)32-6-2-3-7-32/h4-5,12,14-18H,2-3,6-11H2,1H3. The van der Waals surface area contributed by atoms with Gasteiger partial charge in [0.05, 0.1) is 23.5 Å². The SMILES string of the molecule is Cn1cc(-c2cc(-c3ccc(N4CCN(S(=O)(=O)N5CCCC5)CC4)nc3)c3c(C#N)cnn3c2)cn1. The number of anilines is 1. The molecule has 2 saturated heterocycles. The summed E-state index contributed by atoms with van der Waals surface area (Å²) in [7, 11) is -1.51. The smallest absolute Gasteiger partial charge is 0.282 e. The summed E-state index contributed by atoms with van der Waals surface area (Å²) in [6, 6.07) is 8.22. The molecule has 2 aliphatic rings. The molecule has 4 aromatic rings. The van der Waals surface area contributed by atoms with E-state index in [1.807, 2.05) is 37.6 Å². The Morgan fingerprint density at radius 2 is 1.62 bits per heavy atom. The van der Waals surface area contributed by atoms with Crippen molar-refractivity contribution >= 4 is 21.5 Å². The number of piperazine rings is 1. The molecule has 0 amide bonds. The second-order valence-electron chi connectivity index (χ2n) is 9.41. The minimum absolute atomic E-state index is 0.442. The zero-order chi connectivity index (χ0) is 25.6. The average molecular weight is 518 g/mol. The molecule has 37 heavy (non-hydrogen) atoms. The number of fused-ring (bicyclic) bond motifs is 1. The van der Waals surface area contributed by atoms with Crippen LogP contribution in [0, 0.1) is 11.3 Å². The highest BCUT2D eigenvalue weighted by Crippen LogP contribution is 2.32. The largest absolute Gasteiger partial charge is 0.354 e. The summed E-state index contributed by atoms with van der Waals surface area (Å²) >= 11 is 0. The molecule has 2 fully saturated rings. The number of aryl methyl sites for hydroxylation is 1. The summed E-state index contributed by atoms with van der Waals surface area (Å²) in [5.41, 5.74) is 4.83. The molecule has 0 bridgehead atoms. The van der Waals surface area contributed by atoms with Gasteiger partial charge in [-0.2, -0.15) is 32.5 Å². The van der Waals surface area contributed by atoms with E-state index in [1.165, 1.54) is 0 Å². The van der Waals surface area contributed by atoms with Gasteiger partial charge in [-0.25, -0.2) is 9.50 Å². The van der Waals surface area contributed by atoms with Gasteiger partial charge >= 0.3 is 0 Å². The molecule has 0 radical (unpaired) electrons. The normalized spacial score (nSPS) is 17.5. The van der Waals surface area contributed by atoms with Crippen LogP contribution in [0.2, 0.25) is 0 Å². The van der Waals surface area contributed by atoms with E-state index in [2.05, 4.69) is 21.2 Å². The van der Waals surface area contributed by atoms with Gasteiger partial charge in [-0.3, -0.25) is 4.68 Å². The molecule has 6 rings (SSSR count). The summed E-state index contributed by atoms with van der Waals surface area (Å²) in [6.07, 6.45) is 10.9. The summed E-state index contributed by atoms with van der Waals surface area (Å²) in [4.78, 5) is 6.83. The molecule has 12 heteroatoms. The van der Waals surface area contributed by atoms with E-state index in [0.29, 0.717) is 44.8 Å². The number of aromatic nitrogens is 5. The molecule has 11 nitrogen and oxygen atoms in total. The molecule has 2 aliphatic heterocycles. The molecule has 0 N–H and O–H groups in total. The first kappa shape index (κ1) is 23.6. The third-order valence-corrected chi connectivity index (χ3v) is 9.15. The van der Waals surface area contributed by atoms with Crippen molar-refractivity contribution in [3.05, 3.63) is 54.7 Å². The van der Waals surface area contributed by atoms with Crippen LogP contribution in [0.25, 0.3) is 27.8 Å². The van der Waals surface area contributed by atoms with Gasteiger partial charge in [0.25, 0.3) is 10.2 Å². The third kappa shape index (κ3) is 4.25. The molecule has 6 heterocycles. The maximum atomic E-state index is 12.9. The molecule has 0 spiro atoms. The predicted octanol–water partition coefficient (Wildman–Crippen LogP) is 2.13. The number of rotatable bonds is 5. The highest BCUT2D eigenvalue weighted by molar-refractivity contribution is 7.86. The minimum atomic E-state index is -3.38. The first-order valence-corrected chi connectivity index (χ1v) is 13.7. The fourth-order valence-electron chi connectivity index (χ4n) is 5.11. The Morgan fingerprint density at radius 3 is 2.27 bits per heavy atom. The van der Waals surface area contributed by atoms with Gasteiger partial charge in [0.2, 0.25) is 0 Å². The van der Waals surface area contributed by atoms with Crippen molar-refractivity contribution in [2.75, 3.05) is 44.2 Å². The van der Waals surface area contributed by atoms with Crippen molar-refractivity contribution in [2.45, 2.75) is 12.8 Å².